The Morgan fingerprint density at radius 2 is 2.00 bits per heavy atom. The van der Waals surface area contributed by atoms with Crippen LogP contribution in [-0.4, -0.2) is 10.2 Å². The van der Waals surface area contributed by atoms with E-state index in [1.54, 1.807) is 6.92 Å². The number of carbonyl (C=O) groups excluding carboxylic acids is 1. The smallest absolute Gasteiger partial charge is 0.129 e. The van der Waals surface area contributed by atoms with Crippen LogP contribution in [0.4, 0.5) is 0 Å². The molecule has 0 saturated carbocycles. The Balaban J connectivity index is 2.83. The van der Waals surface area contributed by atoms with Crippen molar-refractivity contribution < 1.29 is 4.79 Å². The fraction of sp³-hybridized carbons (Fsp3) is 0.857. The molecule has 0 heterocycles. The summed E-state index contributed by atoms with van der Waals surface area (Å²) in [5.74, 6) is 0.323. The third-order valence-corrected chi connectivity index (χ3v) is 1.93. The number of Topliss-reactive ketones (excluding diaryl/α,β-unsaturated/α-hetero) is 1. The number of ketones is 1. The summed E-state index contributed by atoms with van der Waals surface area (Å²) in [6.07, 6.45) is 4.32. The Morgan fingerprint density at radius 1 is 1.33 bits per heavy atom. The van der Waals surface area contributed by atoms with Gasteiger partial charge in [-0.15, -0.1) is 0 Å². The molecule has 1 nitrogen and oxygen atoms in total. The van der Waals surface area contributed by atoms with Crippen LogP contribution in [0.15, 0.2) is 0 Å². The minimum Gasteiger partial charge on any atom is -0.300 e. The molecule has 0 bridgehead atoms. The quantitative estimate of drug-likeness (QED) is 0.410. The van der Waals surface area contributed by atoms with Crippen LogP contribution < -0.4 is 0 Å². The van der Waals surface area contributed by atoms with Crippen LogP contribution in [-0.2, 0) is 4.79 Å². The van der Waals surface area contributed by atoms with Crippen molar-refractivity contribution in [1.82, 2.24) is 0 Å². The van der Waals surface area contributed by atoms with Crippen LogP contribution in [0.3, 0.4) is 0 Å². The first-order valence-corrected chi connectivity index (χ1v) is 4.85. The predicted molar refractivity (Wildman–Crippen MR) is 48.0 cm³/mol. The molecule has 0 saturated heterocycles. The maximum absolute atomic E-state index is 10.4. The average molecular weight is 240 g/mol. The minimum atomic E-state index is 0.323. The molecule has 0 aromatic heterocycles. The highest BCUT2D eigenvalue weighted by Crippen LogP contribution is 2.01. The van der Waals surface area contributed by atoms with Gasteiger partial charge in [0.25, 0.3) is 0 Å². The Labute approximate surface area is 70.4 Å². The molecule has 0 fully saturated rings. The van der Waals surface area contributed by atoms with E-state index in [9.17, 15) is 4.79 Å². The van der Waals surface area contributed by atoms with Gasteiger partial charge in [0, 0.05) is 6.42 Å². The molecule has 0 N–H and O–H groups in total. The summed E-state index contributed by atoms with van der Waals surface area (Å²) >= 11 is 2.36. The second-order valence-electron chi connectivity index (χ2n) is 2.20. The zero-order valence-corrected chi connectivity index (χ0v) is 7.98. The van der Waals surface area contributed by atoms with E-state index in [2.05, 4.69) is 22.6 Å². The maximum atomic E-state index is 10.4. The predicted octanol–water partition coefficient (Wildman–Crippen LogP) is 2.57. The SMILES string of the molecule is CC(=O)CCCCCI. The third kappa shape index (κ3) is 8.40. The summed E-state index contributed by atoms with van der Waals surface area (Å²) in [6.45, 7) is 1.66. The molecule has 0 aromatic rings. The van der Waals surface area contributed by atoms with Crippen molar-refractivity contribution in [3.05, 3.63) is 0 Å². The second kappa shape index (κ2) is 6.52. The molecule has 0 atom stereocenters. The van der Waals surface area contributed by atoms with Crippen molar-refractivity contribution in [2.24, 2.45) is 0 Å². The van der Waals surface area contributed by atoms with E-state index in [1.807, 2.05) is 0 Å². The van der Waals surface area contributed by atoms with Crippen molar-refractivity contribution in [3.63, 3.8) is 0 Å². The first kappa shape index (κ1) is 9.40. The van der Waals surface area contributed by atoms with E-state index in [1.165, 1.54) is 17.3 Å². The number of alkyl halides is 1. The fourth-order valence-corrected chi connectivity index (χ4v) is 1.18. The molecule has 0 aliphatic rings. The highest BCUT2D eigenvalue weighted by atomic mass is 127. The van der Waals surface area contributed by atoms with Crippen molar-refractivity contribution in [3.8, 4) is 0 Å². The van der Waals surface area contributed by atoms with Gasteiger partial charge in [0.2, 0.25) is 0 Å². The van der Waals surface area contributed by atoms with E-state index < -0.39 is 0 Å². The monoisotopic (exact) mass is 240 g/mol. The summed E-state index contributed by atoms with van der Waals surface area (Å²) in [6, 6.07) is 0. The largest absolute Gasteiger partial charge is 0.300 e. The summed E-state index contributed by atoms with van der Waals surface area (Å²) in [5, 5.41) is 0. The van der Waals surface area contributed by atoms with E-state index in [4.69, 9.17) is 0 Å². The Bertz CT molecular complexity index is 81.0. The van der Waals surface area contributed by atoms with E-state index in [-0.39, 0.29) is 0 Å². The molecule has 2 heteroatoms. The number of hydrogen-bond acceptors (Lipinski definition) is 1. The number of halogens is 1. The zero-order chi connectivity index (χ0) is 7.11. The van der Waals surface area contributed by atoms with E-state index in [0.717, 1.165) is 12.8 Å². The summed E-state index contributed by atoms with van der Waals surface area (Å²) in [7, 11) is 0. The molecule has 0 radical (unpaired) electrons. The summed E-state index contributed by atoms with van der Waals surface area (Å²) < 4.78 is 1.22. The normalized spacial score (nSPS) is 9.56. The van der Waals surface area contributed by atoms with Gasteiger partial charge in [-0.25, -0.2) is 0 Å². The molecule has 0 unspecified atom stereocenters. The van der Waals surface area contributed by atoms with Gasteiger partial charge in [-0.3, -0.25) is 0 Å². The number of carbonyl (C=O) groups is 1. The summed E-state index contributed by atoms with van der Waals surface area (Å²) in [5.41, 5.74) is 0. The van der Waals surface area contributed by atoms with Crippen LogP contribution >= 0.6 is 22.6 Å². The molecular weight excluding hydrogens is 227 g/mol. The van der Waals surface area contributed by atoms with Crippen molar-refractivity contribution in [1.29, 1.82) is 0 Å². The van der Waals surface area contributed by atoms with Crippen LogP contribution in [0.1, 0.15) is 32.6 Å². The van der Waals surface area contributed by atoms with Crippen molar-refractivity contribution in [2.75, 3.05) is 4.43 Å². The lowest BCUT2D eigenvalue weighted by molar-refractivity contribution is -0.117. The van der Waals surface area contributed by atoms with Crippen LogP contribution in [0.2, 0.25) is 0 Å². The third-order valence-electron chi connectivity index (χ3n) is 1.16. The van der Waals surface area contributed by atoms with Gasteiger partial charge in [-0.05, 0) is 24.2 Å². The van der Waals surface area contributed by atoms with Gasteiger partial charge in [-0.1, -0.05) is 29.0 Å². The molecule has 0 aliphatic heterocycles. The van der Waals surface area contributed by atoms with E-state index in [0.29, 0.717) is 5.78 Å². The molecule has 9 heavy (non-hydrogen) atoms. The van der Waals surface area contributed by atoms with Crippen LogP contribution in [0, 0.1) is 0 Å². The Kier molecular flexibility index (Phi) is 6.81. The molecule has 0 rings (SSSR count). The van der Waals surface area contributed by atoms with Gasteiger partial charge in [0.15, 0.2) is 0 Å². The van der Waals surface area contributed by atoms with Crippen LogP contribution in [0.5, 0.6) is 0 Å². The first-order chi connectivity index (χ1) is 4.27. The minimum absolute atomic E-state index is 0.323. The Morgan fingerprint density at radius 3 is 2.44 bits per heavy atom. The second-order valence-corrected chi connectivity index (χ2v) is 3.28. The van der Waals surface area contributed by atoms with Gasteiger partial charge < -0.3 is 4.79 Å². The van der Waals surface area contributed by atoms with Gasteiger partial charge in [0.05, 0.1) is 0 Å². The summed E-state index contributed by atoms with van der Waals surface area (Å²) in [4.78, 5) is 10.4. The number of rotatable bonds is 5. The van der Waals surface area contributed by atoms with Crippen molar-refractivity contribution >= 4 is 28.4 Å². The Hall–Kier alpha value is 0.400. The van der Waals surface area contributed by atoms with Crippen molar-refractivity contribution in [2.45, 2.75) is 32.6 Å². The average Bonchev–Trinajstić information content (AvgIpc) is 1.80. The van der Waals surface area contributed by atoms with Gasteiger partial charge in [-0.2, -0.15) is 0 Å². The molecule has 0 aliphatic carbocycles. The highest BCUT2D eigenvalue weighted by molar-refractivity contribution is 14.1. The molecule has 0 aromatic carbocycles. The zero-order valence-electron chi connectivity index (χ0n) is 5.82. The molecule has 0 amide bonds. The highest BCUT2D eigenvalue weighted by Gasteiger charge is 1.91. The standard InChI is InChI=1S/C7H13IO/c1-7(9)5-3-2-4-6-8/h2-6H2,1H3. The lowest BCUT2D eigenvalue weighted by Gasteiger charge is -1.93. The maximum Gasteiger partial charge on any atom is 0.129 e. The lowest BCUT2D eigenvalue weighted by Crippen LogP contribution is -1.88. The topological polar surface area (TPSA) is 17.1 Å². The fourth-order valence-electron chi connectivity index (χ4n) is 0.645. The molecule has 54 valence electrons. The van der Waals surface area contributed by atoms with Gasteiger partial charge in [0.1, 0.15) is 5.78 Å². The first-order valence-electron chi connectivity index (χ1n) is 3.32. The lowest BCUT2D eigenvalue weighted by atomic mass is 10.2. The number of unbranched alkanes of at least 4 members (excludes halogenated alkanes) is 2. The van der Waals surface area contributed by atoms with Gasteiger partial charge >= 0.3 is 0 Å². The van der Waals surface area contributed by atoms with E-state index >= 15 is 0 Å². The number of hydrogen-bond donors (Lipinski definition) is 0. The molecular formula is C7H13IO. The van der Waals surface area contributed by atoms with Crippen LogP contribution in [0.25, 0.3) is 0 Å². The molecule has 0 spiro atoms.